The number of hydrogen-bond acceptors (Lipinski definition) is 1. The average Bonchev–Trinajstić information content (AvgIpc) is 4.37. The molecule has 0 N–H and O–H groups in total. The van der Waals surface area contributed by atoms with Gasteiger partial charge in [0.2, 0.25) is 0 Å². The van der Waals surface area contributed by atoms with Gasteiger partial charge in [0.25, 0.3) is 0 Å². The summed E-state index contributed by atoms with van der Waals surface area (Å²) < 4.78 is 12.5. The van der Waals surface area contributed by atoms with E-state index in [-0.39, 0.29) is 0 Å². The van der Waals surface area contributed by atoms with Gasteiger partial charge in [-0.25, -0.2) is 0 Å². The van der Waals surface area contributed by atoms with Crippen molar-refractivity contribution >= 4 is 151 Å². The van der Waals surface area contributed by atoms with Crippen molar-refractivity contribution in [2.24, 2.45) is 0 Å². The Kier molecular flexibility index (Phi) is 7.71. The van der Waals surface area contributed by atoms with E-state index < -0.39 is 0 Å². The fraction of sp³-hybridized carbons (Fsp3) is 0. The molecular formula is C70H40N4S. The molecule has 18 rings (SSSR count). The zero-order chi connectivity index (χ0) is 48.6. The summed E-state index contributed by atoms with van der Waals surface area (Å²) in [7, 11) is 0. The van der Waals surface area contributed by atoms with E-state index in [0.717, 1.165) is 11.4 Å². The number of aromatic nitrogens is 4. The van der Waals surface area contributed by atoms with E-state index in [1.54, 1.807) is 0 Å². The predicted molar refractivity (Wildman–Crippen MR) is 320 cm³/mol. The lowest BCUT2D eigenvalue weighted by atomic mass is 9.96. The molecule has 0 aliphatic heterocycles. The molecule has 7 heterocycles. The van der Waals surface area contributed by atoms with Gasteiger partial charge in [-0.3, -0.25) is 0 Å². The molecule has 0 amide bonds. The van der Waals surface area contributed by atoms with E-state index in [4.69, 9.17) is 0 Å². The Bertz CT molecular complexity index is 5530. The fourth-order valence-corrected chi connectivity index (χ4v) is 14.9. The van der Waals surface area contributed by atoms with Crippen LogP contribution in [0.3, 0.4) is 0 Å². The summed E-state index contributed by atoms with van der Waals surface area (Å²) in [6.07, 6.45) is 4.79. The topological polar surface area (TPSA) is 18.7 Å². The molecule has 0 saturated carbocycles. The molecule has 346 valence electrons. The van der Waals surface area contributed by atoms with Crippen molar-refractivity contribution in [2.75, 3.05) is 0 Å². The summed E-state index contributed by atoms with van der Waals surface area (Å²) in [5.41, 5.74) is 14.6. The lowest BCUT2D eigenvalue weighted by Gasteiger charge is -2.14. The molecule has 0 unspecified atom stereocenters. The normalized spacial score (nSPS) is 12.5. The van der Waals surface area contributed by atoms with Gasteiger partial charge in [-0.05, 0) is 82.6 Å². The van der Waals surface area contributed by atoms with E-state index >= 15 is 0 Å². The van der Waals surface area contributed by atoms with Crippen LogP contribution in [0.1, 0.15) is 0 Å². The van der Waals surface area contributed by atoms with Crippen LogP contribution < -0.4 is 0 Å². The molecule has 0 fully saturated rings. The minimum absolute atomic E-state index is 1.16. The summed E-state index contributed by atoms with van der Waals surface area (Å²) in [5, 5.41) is 20.3. The first kappa shape index (κ1) is 39.9. The van der Waals surface area contributed by atoms with Crippen LogP contribution in [-0.2, 0) is 0 Å². The van der Waals surface area contributed by atoms with Gasteiger partial charge in [0, 0.05) is 109 Å². The molecule has 7 aromatic heterocycles. The second-order valence-corrected chi connectivity index (χ2v) is 21.4. The SMILES string of the molecule is c1ccc(-n2c3ccccc3c3c4c(ccc32)c2ccccc2n2cc3c(-c5ccc6sc7c(ccc8c9ccc%10c%11ccccc%11n(-c%11ccccc%11)c%10c9n9cc%10ccccc%10c9c87)c6c5)cccc3c42)cc1. The highest BCUT2D eigenvalue weighted by Crippen LogP contribution is 2.49. The van der Waals surface area contributed by atoms with Gasteiger partial charge in [0.15, 0.2) is 0 Å². The van der Waals surface area contributed by atoms with Crippen molar-refractivity contribution in [3.05, 3.63) is 243 Å². The number of rotatable bonds is 3. The molecule has 5 heteroatoms. The molecule has 4 nitrogen and oxygen atoms in total. The number of nitrogens with zero attached hydrogens (tertiary/aromatic N) is 4. The van der Waals surface area contributed by atoms with E-state index in [2.05, 4.69) is 261 Å². The molecule has 0 saturated heterocycles. The molecular weight excluding hydrogens is 929 g/mol. The van der Waals surface area contributed by atoms with E-state index in [1.807, 2.05) is 11.3 Å². The van der Waals surface area contributed by atoms with Crippen LogP contribution >= 0.6 is 11.3 Å². The Labute approximate surface area is 431 Å². The average molecular weight is 969 g/mol. The van der Waals surface area contributed by atoms with Gasteiger partial charge < -0.3 is 17.9 Å². The molecule has 0 spiro atoms. The zero-order valence-corrected chi connectivity index (χ0v) is 41.1. The summed E-state index contributed by atoms with van der Waals surface area (Å²) in [5.74, 6) is 0. The van der Waals surface area contributed by atoms with Gasteiger partial charge in [-0.1, -0.05) is 170 Å². The summed E-state index contributed by atoms with van der Waals surface area (Å²) in [6.45, 7) is 0. The smallest absolute Gasteiger partial charge is 0.0788 e. The van der Waals surface area contributed by atoms with Gasteiger partial charge in [0.05, 0.1) is 44.1 Å². The lowest BCUT2D eigenvalue weighted by molar-refractivity contribution is 1.17. The number of para-hydroxylation sites is 5. The summed E-state index contributed by atoms with van der Waals surface area (Å²) >= 11 is 1.93. The van der Waals surface area contributed by atoms with Crippen LogP contribution in [0.5, 0.6) is 0 Å². The highest BCUT2D eigenvalue weighted by Gasteiger charge is 2.25. The lowest BCUT2D eigenvalue weighted by Crippen LogP contribution is -1.97. The van der Waals surface area contributed by atoms with Crippen LogP contribution in [0.25, 0.3) is 162 Å². The first-order valence-corrected chi connectivity index (χ1v) is 26.6. The maximum absolute atomic E-state index is 2.53. The predicted octanol–water partition coefficient (Wildman–Crippen LogP) is 19.3. The Balaban J connectivity index is 0.914. The highest BCUT2D eigenvalue weighted by atomic mass is 32.1. The number of benzene rings is 11. The molecule has 0 bridgehead atoms. The molecule has 18 aromatic rings. The minimum Gasteiger partial charge on any atom is -0.315 e. The Morgan fingerprint density at radius 1 is 0.280 bits per heavy atom. The fourth-order valence-electron chi connectivity index (χ4n) is 13.6. The quantitative estimate of drug-likeness (QED) is 0.157. The van der Waals surface area contributed by atoms with Crippen LogP contribution in [-0.4, -0.2) is 17.9 Å². The van der Waals surface area contributed by atoms with Gasteiger partial charge in [-0.15, -0.1) is 11.3 Å². The summed E-state index contributed by atoms with van der Waals surface area (Å²) in [6, 6.07) is 85.7. The maximum atomic E-state index is 2.53. The maximum Gasteiger partial charge on any atom is 0.0788 e. The molecule has 0 atom stereocenters. The largest absolute Gasteiger partial charge is 0.315 e. The van der Waals surface area contributed by atoms with Crippen molar-refractivity contribution in [1.29, 1.82) is 0 Å². The zero-order valence-electron chi connectivity index (χ0n) is 40.3. The third kappa shape index (κ3) is 5.15. The van der Waals surface area contributed by atoms with Crippen LogP contribution in [0.15, 0.2) is 243 Å². The van der Waals surface area contributed by atoms with Crippen molar-refractivity contribution < 1.29 is 0 Å². The number of hydrogen-bond donors (Lipinski definition) is 0. The van der Waals surface area contributed by atoms with Crippen LogP contribution in [0.2, 0.25) is 0 Å². The van der Waals surface area contributed by atoms with Gasteiger partial charge in [0.1, 0.15) is 0 Å². The first-order valence-electron chi connectivity index (χ1n) is 25.8. The van der Waals surface area contributed by atoms with Crippen molar-refractivity contribution in [1.82, 2.24) is 17.9 Å². The first-order chi connectivity index (χ1) is 37.2. The molecule has 75 heavy (non-hydrogen) atoms. The third-order valence-electron chi connectivity index (χ3n) is 16.7. The second kappa shape index (κ2) is 14.5. The van der Waals surface area contributed by atoms with Crippen LogP contribution in [0, 0.1) is 0 Å². The molecule has 0 aliphatic rings. The van der Waals surface area contributed by atoms with Crippen molar-refractivity contribution in [3.63, 3.8) is 0 Å². The minimum atomic E-state index is 1.16. The molecule has 0 radical (unpaired) electrons. The molecule has 11 aromatic carbocycles. The van der Waals surface area contributed by atoms with Gasteiger partial charge >= 0.3 is 0 Å². The Morgan fingerprint density at radius 2 is 0.853 bits per heavy atom. The van der Waals surface area contributed by atoms with E-state index in [1.165, 1.54) is 151 Å². The molecule has 0 aliphatic carbocycles. The van der Waals surface area contributed by atoms with E-state index in [0.29, 0.717) is 0 Å². The number of thiophene rings is 1. The van der Waals surface area contributed by atoms with Crippen LogP contribution in [0.4, 0.5) is 0 Å². The number of fused-ring (bicyclic) bond motifs is 28. The standard InChI is InChI=1S/C70H40N4S/c1-3-17-43(18-4-1)73-60-29-14-11-24-55(60)63-61(73)36-35-49-47-22-9-12-27-58(47)71-40-57-45(25-15-26-51(57)67(71)64(49)63)41-30-37-62-56(38-41)54-34-31-50-53-33-32-52-48-23-10-13-28-59(48)74(44-19-5-2-6-20-44)69(52)68(53)72-39-42-16-7-8-21-46(42)66(72)65(50)70(54)75-62/h1-40H. The highest BCUT2D eigenvalue weighted by molar-refractivity contribution is 7.26. The van der Waals surface area contributed by atoms with Crippen molar-refractivity contribution in [3.8, 4) is 22.5 Å². The number of pyridine rings is 2. The van der Waals surface area contributed by atoms with Gasteiger partial charge in [-0.2, -0.15) is 0 Å². The van der Waals surface area contributed by atoms with Crippen molar-refractivity contribution in [2.45, 2.75) is 0 Å². The third-order valence-corrected chi connectivity index (χ3v) is 17.9. The summed E-state index contributed by atoms with van der Waals surface area (Å²) in [4.78, 5) is 0. The monoisotopic (exact) mass is 968 g/mol. The Morgan fingerprint density at radius 3 is 1.65 bits per heavy atom. The van der Waals surface area contributed by atoms with E-state index in [9.17, 15) is 0 Å². The Hall–Kier alpha value is -9.68. The second-order valence-electron chi connectivity index (χ2n) is 20.4.